The van der Waals surface area contributed by atoms with Gasteiger partial charge in [0, 0.05) is 13.2 Å². The van der Waals surface area contributed by atoms with E-state index in [0.717, 1.165) is 37.9 Å². The highest BCUT2D eigenvalue weighted by atomic mass is 16.5. The largest absolute Gasteiger partial charge is 0.376 e. The molecule has 2 aliphatic rings. The van der Waals surface area contributed by atoms with Crippen molar-refractivity contribution in [1.82, 2.24) is 5.32 Å². The molecule has 1 saturated carbocycles. The lowest BCUT2D eigenvalue weighted by Crippen LogP contribution is -2.39. The molecule has 2 fully saturated rings. The van der Waals surface area contributed by atoms with E-state index >= 15 is 0 Å². The average molecular weight is 245 g/mol. The van der Waals surface area contributed by atoms with Crippen molar-refractivity contribution in [2.45, 2.75) is 37.2 Å². The molecule has 3 heteroatoms. The van der Waals surface area contributed by atoms with Crippen molar-refractivity contribution < 1.29 is 9.53 Å². The molecule has 0 bridgehead atoms. The molecular formula is C15H19NO2. The van der Waals surface area contributed by atoms with E-state index in [1.165, 1.54) is 0 Å². The van der Waals surface area contributed by atoms with Crippen LogP contribution in [-0.2, 0) is 14.9 Å². The molecule has 0 aromatic heterocycles. The van der Waals surface area contributed by atoms with Gasteiger partial charge >= 0.3 is 0 Å². The zero-order chi connectivity index (χ0) is 12.4. The Labute approximate surface area is 108 Å². The van der Waals surface area contributed by atoms with E-state index < -0.39 is 0 Å². The third-order valence-corrected chi connectivity index (χ3v) is 4.03. The summed E-state index contributed by atoms with van der Waals surface area (Å²) in [5.74, 6) is 0.171. The van der Waals surface area contributed by atoms with Gasteiger partial charge in [0.05, 0.1) is 11.5 Å². The van der Waals surface area contributed by atoms with Gasteiger partial charge in [-0.1, -0.05) is 30.3 Å². The van der Waals surface area contributed by atoms with Crippen molar-refractivity contribution in [3.05, 3.63) is 35.9 Å². The molecule has 1 atom stereocenters. The van der Waals surface area contributed by atoms with Crippen molar-refractivity contribution in [2.24, 2.45) is 0 Å². The van der Waals surface area contributed by atoms with E-state index in [2.05, 4.69) is 17.4 Å². The van der Waals surface area contributed by atoms with Gasteiger partial charge in [0.1, 0.15) is 0 Å². The fraction of sp³-hybridized carbons (Fsp3) is 0.533. The van der Waals surface area contributed by atoms with Crippen LogP contribution in [-0.4, -0.2) is 25.2 Å². The Hall–Kier alpha value is -1.35. The van der Waals surface area contributed by atoms with Crippen LogP contribution in [0.3, 0.4) is 0 Å². The number of nitrogens with one attached hydrogen (secondary N) is 1. The van der Waals surface area contributed by atoms with Gasteiger partial charge in [-0.25, -0.2) is 0 Å². The maximum atomic E-state index is 12.3. The number of carbonyl (C=O) groups excluding carboxylic acids is 1. The molecule has 1 aromatic rings. The molecule has 1 aliphatic heterocycles. The molecule has 18 heavy (non-hydrogen) atoms. The lowest BCUT2D eigenvalue weighted by atomic mass is 9.95. The first-order valence-electron chi connectivity index (χ1n) is 6.77. The predicted molar refractivity (Wildman–Crippen MR) is 69.3 cm³/mol. The highest BCUT2D eigenvalue weighted by molar-refractivity contribution is 5.91. The minimum absolute atomic E-state index is 0.171. The maximum absolute atomic E-state index is 12.3. The summed E-state index contributed by atoms with van der Waals surface area (Å²) in [5.41, 5.74) is 0.898. The Morgan fingerprint density at radius 3 is 2.72 bits per heavy atom. The van der Waals surface area contributed by atoms with Crippen LogP contribution in [0.5, 0.6) is 0 Å². The van der Waals surface area contributed by atoms with Crippen molar-refractivity contribution in [1.29, 1.82) is 0 Å². The summed E-state index contributed by atoms with van der Waals surface area (Å²) < 4.78 is 5.53. The van der Waals surface area contributed by atoms with Gasteiger partial charge in [0.15, 0.2) is 0 Å². The van der Waals surface area contributed by atoms with Gasteiger partial charge < -0.3 is 10.1 Å². The summed E-state index contributed by atoms with van der Waals surface area (Å²) in [6.07, 6.45) is 4.34. The number of amides is 1. The second-order valence-corrected chi connectivity index (χ2v) is 5.29. The van der Waals surface area contributed by atoms with Crippen LogP contribution in [0.25, 0.3) is 0 Å². The van der Waals surface area contributed by atoms with Gasteiger partial charge in [-0.05, 0) is 31.2 Å². The van der Waals surface area contributed by atoms with Crippen LogP contribution in [0, 0.1) is 0 Å². The molecule has 3 rings (SSSR count). The summed E-state index contributed by atoms with van der Waals surface area (Å²) in [4.78, 5) is 12.3. The second-order valence-electron chi connectivity index (χ2n) is 5.29. The molecule has 1 N–H and O–H groups in total. The van der Waals surface area contributed by atoms with Gasteiger partial charge in [-0.2, -0.15) is 0 Å². The Morgan fingerprint density at radius 1 is 1.33 bits per heavy atom. The van der Waals surface area contributed by atoms with E-state index in [0.29, 0.717) is 6.54 Å². The third kappa shape index (κ3) is 2.15. The minimum atomic E-state index is -0.250. The molecule has 1 saturated heterocycles. The zero-order valence-electron chi connectivity index (χ0n) is 10.5. The molecule has 3 nitrogen and oxygen atoms in total. The fourth-order valence-corrected chi connectivity index (χ4v) is 2.71. The summed E-state index contributed by atoms with van der Waals surface area (Å²) in [5, 5.41) is 3.06. The van der Waals surface area contributed by atoms with Gasteiger partial charge in [-0.15, -0.1) is 0 Å². The molecule has 0 unspecified atom stereocenters. The van der Waals surface area contributed by atoms with Crippen LogP contribution >= 0.6 is 0 Å². The summed E-state index contributed by atoms with van der Waals surface area (Å²) in [6, 6.07) is 10.1. The lowest BCUT2D eigenvalue weighted by Gasteiger charge is -2.17. The monoisotopic (exact) mass is 245 g/mol. The first kappa shape index (κ1) is 11.7. The van der Waals surface area contributed by atoms with Crippen molar-refractivity contribution in [3.63, 3.8) is 0 Å². The summed E-state index contributed by atoms with van der Waals surface area (Å²) in [6.45, 7) is 1.50. The smallest absolute Gasteiger partial charge is 0.230 e. The SMILES string of the molecule is O=C(NC[C@@H]1CCCO1)C1(c2ccccc2)CC1. The van der Waals surface area contributed by atoms with Crippen molar-refractivity contribution in [2.75, 3.05) is 13.2 Å². The minimum Gasteiger partial charge on any atom is -0.376 e. The maximum Gasteiger partial charge on any atom is 0.230 e. The summed E-state index contributed by atoms with van der Waals surface area (Å²) in [7, 11) is 0. The van der Waals surface area contributed by atoms with E-state index in [-0.39, 0.29) is 17.4 Å². The van der Waals surface area contributed by atoms with E-state index in [1.807, 2.05) is 18.2 Å². The Kier molecular flexibility index (Phi) is 3.08. The van der Waals surface area contributed by atoms with Gasteiger partial charge in [0.25, 0.3) is 0 Å². The first-order valence-corrected chi connectivity index (χ1v) is 6.77. The van der Waals surface area contributed by atoms with Crippen LogP contribution in [0.4, 0.5) is 0 Å². The molecule has 1 aromatic carbocycles. The summed E-state index contributed by atoms with van der Waals surface area (Å²) >= 11 is 0. The number of benzene rings is 1. The van der Waals surface area contributed by atoms with Gasteiger partial charge in [-0.3, -0.25) is 4.79 Å². The standard InChI is InChI=1S/C15H19NO2/c17-14(16-11-13-7-4-10-18-13)15(8-9-15)12-5-2-1-3-6-12/h1-3,5-6,13H,4,7-11H2,(H,16,17)/t13-/m0/s1. The van der Waals surface area contributed by atoms with E-state index in [9.17, 15) is 4.79 Å². The van der Waals surface area contributed by atoms with Crippen LogP contribution in [0.2, 0.25) is 0 Å². The quantitative estimate of drug-likeness (QED) is 0.881. The normalized spacial score (nSPS) is 24.8. The molecular weight excluding hydrogens is 226 g/mol. The number of ether oxygens (including phenoxy) is 1. The molecule has 1 aliphatic carbocycles. The van der Waals surface area contributed by atoms with Crippen LogP contribution in [0.15, 0.2) is 30.3 Å². The number of rotatable bonds is 4. The molecule has 1 heterocycles. The lowest BCUT2D eigenvalue weighted by molar-refractivity contribution is -0.124. The highest BCUT2D eigenvalue weighted by Gasteiger charge is 2.51. The number of carbonyl (C=O) groups is 1. The molecule has 0 spiro atoms. The fourth-order valence-electron chi connectivity index (χ4n) is 2.71. The Bertz CT molecular complexity index is 419. The molecule has 1 amide bonds. The second kappa shape index (κ2) is 4.73. The van der Waals surface area contributed by atoms with Crippen LogP contribution in [0.1, 0.15) is 31.2 Å². The van der Waals surface area contributed by atoms with E-state index in [4.69, 9.17) is 4.74 Å². The number of hydrogen-bond acceptors (Lipinski definition) is 2. The van der Waals surface area contributed by atoms with E-state index in [1.54, 1.807) is 0 Å². The Morgan fingerprint density at radius 2 is 2.11 bits per heavy atom. The topological polar surface area (TPSA) is 38.3 Å². The predicted octanol–water partition coefficient (Wildman–Crippen LogP) is 2.01. The first-order chi connectivity index (χ1) is 8.81. The zero-order valence-corrected chi connectivity index (χ0v) is 10.5. The molecule has 96 valence electrons. The van der Waals surface area contributed by atoms with Crippen molar-refractivity contribution >= 4 is 5.91 Å². The average Bonchev–Trinajstić information content (AvgIpc) is 3.07. The Balaban J connectivity index is 1.62. The number of hydrogen-bond donors (Lipinski definition) is 1. The third-order valence-electron chi connectivity index (χ3n) is 4.03. The molecule has 0 radical (unpaired) electrons. The highest BCUT2D eigenvalue weighted by Crippen LogP contribution is 2.48. The van der Waals surface area contributed by atoms with Crippen molar-refractivity contribution in [3.8, 4) is 0 Å². The van der Waals surface area contributed by atoms with Crippen LogP contribution < -0.4 is 5.32 Å². The van der Waals surface area contributed by atoms with Gasteiger partial charge in [0.2, 0.25) is 5.91 Å².